The van der Waals surface area contributed by atoms with Gasteiger partial charge >= 0.3 is 0 Å². The zero-order chi connectivity index (χ0) is 24.0. The number of carbonyl (C=O) groups excluding carboxylic acids is 1. The monoisotopic (exact) mass is 466 g/mol. The molecule has 2 aromatic heterocycles. The Bertz CT molecular complexity index is 1240. The second-order valence-corrected chi connectivity index (χ2v) is 9.71. The average Bonchev–Trinajstić information content (AvgIpc) is 3.16. The van der Waals surface area contributed by atoms with Gasteiger partial charge in [-0.25, -0.2) is 4.98 Å². The fraction of sp³-hybridized carbons (Fsp3) is 0.462. The van der Waals surface area contributed by atoms with Gasteiger partial charge in [0.25, 0.3) is 5.91 Å². The molecule has 2 aliphatic rings. The van der Waals surface area contributed by atoms with E-state index in [0.29, 0.717) is 50.4 Å². The van der Waals surface area contributed by atoms with Crippen LogP contribution in [-0.2, 0) is 28.9 Å². The first-order valence-corrected chi connectivity index (χ1v) is 11.9. The van der Waals surface area contributed by atoms with E-state index in [-0.39, 0.29) is 17.9 Å². The number of nitrogens with zero attached hydrogens (tertiary/aromatic N) is 2. The summed E-state index contributed by atoms with van der Waals surface area (Å²) in [7, 11) is 0. The minimum Gasteiger partial charge on any atom is -0.381 e. The number of aromatic nitrogens is 2. The summed E-state index contributed by atoms with van der Waals surface area (Å²) < 4.78 is 20.0. The van der Waals surface area contributed by atoms with Crippen molar-refractivity contribution in [2.24, 2.45) is 0 Å². The molecule has 1 aromatic carbocycles. The van der Waals surface area contributed by atoms with Gasteiger partial charge in [0, 0.05) is 42.3 Å². The van der Waals surface area contributed by atoms with Crippen LogP contribution in [-0.4, -0.2) is 57.8 Å². The van der Waals surface area contributed by atoms with Gasteiger partial charge in [0.1, 0.15) is 11.2 Å². The lowest BCUT2D eigenvalue weighted by atomic mass is 9.87. The number of rotatable bonds is 4. The van der Waals surface area contributed by atoms with Gasteiger partial charge in [-0.2, -0.15) is 4.39 Å². The van der Waals surface area contributed by atoms with Gasteiger partial charge in [0.2, 0.25) is 0 Å². The zero-order valence-corrected chi connectivity index (χ0v) is 19.9. The Morgan fingerprint density at radius 3 is 2.85 bits per heavy atom. The Labute approximate surface area is 198 Å². The molecular weight excluding hydrogens is 435 g/mol. The van der Waals surface area contributed by atoms with Gasteiger partial charge in [-0.1, -0.05) is 13.0 Å². The van der Waals surface area contributed by atoms with E-state index in [1.165, 1.54) is 19.4 Å². The van der Waals surface area contributed by atoms with E-state index in [1.54, 1.807) is 11.1 Å². The third kappa shape index (κ3) is 4.10. The number of aryl methyl sites for hydroxylation is 1. The molecule has 7 nitrogen and oxygen atoms in total. The molecule has 0 unspecified atom stereocenters. The van der Waals surface area contributed by atoms with Gasteiger partial charge in [-0.3, -0.25) is 4.79 Å². The van der Waals surface area contributed by atoms with Crippen LogP contribution >= 0.6 is 0 Å². The van der Waals surface area contributed by atoms with E-state index in [9.17, 15) is 14.3 Å². The third-order valence-corrected chi connectivity index (χ3v) is 6.88. The molecule has 1 saturated heterocycles. The summed E-state index contributed by atoms with van der Waals surface area (Å²) in [5.41, 5.74) is 5.11. The largest absolute Gasteiger partial charge is 0.381 e. The maximum absolute atomic E-state index is 14.3. The molecule has 0 radical (unpaired) electrons. The standard InChI is InChI=1S/C26H31FN4O3/c1-4-18-20-11-17(12-29-24(20)30-23(18)27)16-9-15-5-7-31(25(32)26(2,3)33)13-21(15)19(10-16)22-14-34-8-6-28-22/h9-12,22,28,33H,4-8,13-14H2,1-3H3,(H,29,30)/t22-/m0/s1. The number of aromatic amines is 1. The van der Waals surface area contributed by atoms with Crippen LogP contribution in [0.25, 0.3) is 22.2 Å². The van der Waals surface area contributed by atoms with E-state index in [0.717, 1.165) is 34.2 Å². The quantitative estimate of drug-likeness (QED) is 0.549. The SMILES string of the molecule is CCc1c(F)[nH]c2ncc(-c3cc4c(c([C@@H]5COCCN5)c3)CN(C(=O)C(C)(C)O)CC4)cc12. The average molecular weight is 467 g/mol. The predicted molar refractivity (Wildman–Crippen MR) is 128 cm³/mol. The minimum absolute atomic E-state index is 0.00670. The van der Waals surface area contributed by atoms with Crippen molar-refractivity contribution in [2.45, 2.75) is 51.8 Å². The maximum Gasteiger partial charge on any atom is 0.254 e. The van der Waals surface area contributed by atoms with Crippen LogP contribution < -0.4 is 5.32 Å². The third-order valence-electron chi connectivity index (χ3n) is 6.88. The Morgan fingerprint density at radius 2 is 2.15 bits per heavy atom. The molecule has 180 valence electrons. The van der Waals surface area contributed by atoms with Crippen LogP contribution in [0.3, 0.4) is 0 Å². The van der Waals surface area contributed by atoms with E-state index >= 15 is 0 Å². The summed E-state index contributed by atoms with van der Waals surface area (Å²) in [5.74, 6) is -0.592. The number of fused-ring (bicyclic) bond motifs is 2. The Morgan fingerprint density at radius 1 is 1.32 bits per heavy atom. The zero-order valence-electron chi connectivity index (χ0n) is 19.9. The van der Waals surface area contributed by atoms with Crippen LogP contribution in [0.4, 0.5) is 4.39 Å². The van der Waals surface area contributed by atoms with E-state index < -0.39 is 5.60 Å². The number of benzene rings is 1. The first kappa shape index (κ1) is 23.0. The lowest BCUT2D eigenvalue weighted by Crippen LogP contribution is -2.47. The first-order chi connectivity index (χ1) is 16.3. The van der Waals surface area contributed by atoms with Crippen LogP contribution in [0.1, 0.15) is 49.1 Å². The van der Waals surface area contributed by atoms with Gasteiger partial charge in [-0.05, 0) is 61.1 Å². The molecule has 3 aromatic rings. The highest BCUT2D eigenvalue weighted by molar-refractivity contribution is 5.86. The Kier molecular flexibility index (Phi) is 5.91. The summed E-state index contributed by atoms with van der Waals surface area (Å²) in [6.07, 6.45) is 3.06. The number of H-pyrrole nitrogens is 1. The number of ether oxygens (including phenoxy) is 1. The van der Waals surface area contributed by atoms with E-state index in [2.05, 4.69) is 27.4 Å². The number of aliphatic hydroxyl groups is 1. The molecule has 1 amide bonds. The number of carbonyl (C=O) groups is 1. The number of pyridine rings is 1. The highest BCUT2D eigenvalue weighted by atomic mass is 19.1. The van der Waals surface area contributed by atoms with Crippen LogP contribution in [0, 0.1) is 5.95 Å². The fourth-order valence-electron chi connectivity index (χ4n) is 5.10. The summed E-state index contributed by atoms with van der Waals surface area (Å²) in [6.45, 7) is 7.97. The van der Waals surface area contributed by atoms with Crippen molar-refractivity contribution in [1.82, 2.24) is 20.2 Å². The number of hydrogen-bond donors (Lipinski definition) is 3. The summed E-state index contributed by atoms with van der Waals surface area (Å²) in [6, 6.07) is 6.31. The smallest absolute Gasteiger partial charge is 0.254 e. The predicted octanol–water partition coefficient (Wildman–Crippen LogP) is 3.25. The highest BCUT2D eigenvalue weighted by Gasteiger charge is 2.33. The van der Waals surface area contributed by atoms with Crippen molar-refractivity contribution in [1.29, 1.82) is 0 Å². The van der Waals surface area contributed by atoms with Crippen molar-refractivity contribution in [3.63, 3.8) is 0 Å². The van der Waals surface area contributed by atoms with Crippen molar-refractivity contribution in [3.8, 4) is 11.1 Å². The molecule has 8 heteroatoms. The molecule has 1 atom stereocenters. The minimum atomic E-state index is -1.41. The second kappa shape index (κ2) is 8.76. The molecule has 0 bridgehead atoms. The fourth-order valence-corrected chi connectivity index (χ4v) is 5.10. The van der Waals surface area contributed by atoms with Crippen LogP contribution in [0.15, 0.2) is 24.4 Å². The lowest BCUT2D eigenvalue weighted by molar-refractivity contribution is -0.148. The summed E-state index contributed by atoms with van der Waals surface area (Å²) >= 11 is 0. The summed E-state index contributed by atoms with van der Waals surface area (Å²) in [4.78, 5) is 21.7. The molecular formula is C26H31FN4O3. The molecule has 1 fully saturated rings. The van der Waals surface area contributed by atoms with E-state index in [4.69, 9.17) is 4.74 Å². The topological polar surface area (TPSA) is 90.5 Å². The maximum atomic E-state index is 14.3. The number of morpholine rings is 1. The summed E-state index contributed by atoms with van der Waals surface area (Å²) in [5, 5.41) is 14.6. The molecule has 0 spiro atoms. The van der Waals surface area contributed by atoms with Gasteiger partial charge in [-0.15, -0.1) is 0 Å². The van der Waals surface area contributed by atoms with E-state index in [1.807, 2.05) is 13.0 Å². The van der Waals surface area contributed by atoms with Gasteiger partial charge in [0.15, 0.2) is 5.95 Å². The van der Waals surface area contributed by atoms with Crippen LogP contribution in [0.2, 0.25) is 0 Å². The van der Waals surface area contributed by atoms with Crippen LogP contribution in [0.5, 0.6) is 0 Å². The van der Waals surface area contributed by atoms with Gasteiger partial charge < -0.3 is 25.0 Å². The lowest BCUT2D eigenvalue weighted by Gasteiger charge is -2.36. The normalized spacial score (nSPS) is 18.9. The number of nitrogens with one attached hydrogen (secondary N) is 2. The van der Waals surface area contributed by atoms with Crippen molar-refractivity contribution in [2.75, 3.05) is 26.3 Å². The Balaban J connectivity index is 1.59. The van der Waals surface area contributed by atoms with Gasteiger partial charge in [0.05, 0.1) is 19.3 Å². The molecule has 0 aliphatic carbocycles. The molecule has 2 aliphatic heterocycles. The first-order valence-electron chi connectivity index (χ1n) is 11.9. The molecule has 3 N–H and O–H groups in total. The molecule has 4 heterocycles. The number of halogens is 1. The number of hydrogen-bond acceptors (Lipinski definition) is 5. The van der Waals surface area contributed by atoms with Crippen molar-refractivity contribution < 1.29 is 19.0 Å². The molecule has 34 heavy (non-hydrogen) atoms. The molecule has 5 rings (SSSR count). The molecule has 0 saturated carbocycles. The van der Waals surface area contributed by atoms with Crippen molar-refractivity contribution in [3.05, 3.63) is 52.6 Å². The Hall–Kier alpha value is -2.81. The highest BCUT2D eigenvalue weighted by Crippen LogP contribution is 2.35. The number of amides is 1. The van der Waals surface area contributed by atoms with Crippen molar-refractivity contribution >= 4 is 16.9 Å². The second-order valence-electron chi connectivity index (χ2n) is 9.71.